The van der Waals surface area contributed by atoms with E-state index in [0.717, 1.165) is 34.3 Å². The van der Waals surface area contributed by atoms with Crippen LogP contribution in [0.2, 0.25) is 5.02 Å². The van der Waals surface area contributed by atoms with Crippen molar-refractivity contribution in [1.82, 2.24) is 24.9 Å². The average Bonchev–Trinajstić information content (AvgIpc) is 3.54. The molecule has 1 aliphatic carbocycles. The van der Waals surface area contributed by atoms with Crippen LogP contribution in [0.1, 0.15) is 37.5 Å². The summed E-state index contributed by atoms with van der Waals surface area (Å²) in [5, 5.41) is 16.6. The number of hydrogen-bond donors (Lipinski definition) is 0. The average molecular weight is 444 g/mol. The van der Waals surface area contributed by atoms with Gasteiger partial charge in [-0.3, -0.25) is 4.57 Å². The van der Waals surface area contributed by atoms with Crippen LogP contribution in [0.4, 0.5) is 0 Å². The van der Waals surface area contributed by atoms with E-state index in [0.29, 0.717) is 28.5 Å². The summed E-state index contributed by atoms with van der Waals surface area (Å²) in [5.41, 5.74) is 0.917. The molecule has 5 rings (SSSR count). The van der Waals surface area contributed by atoms with Gasteiger partial charge in [-0.25, -0.2) is 0 Å². The Bertz CT molecular complexity index is 1100. The highest BCUT2D eigenvalue weighted by Gasteiger charge is 2.26. The molecule has 1 fully saturated rings. The third-order valence-electron chi connectivity index (χ3n) is 5.00. The van der Waals surface area contributed by atoms with E-state index in [2.05, 4.69) is 24.9 Å². The van der Waals surface area contributed by atoms with Crippen molar-refractivity contribution in [3.63, 3.8) is 0 Å². The summed E-state index contributed by atoms with van der Waals surface area (Å²) in [7, 11) is 0. The van der Waals surface area contributed by atoms with Gasteiger partial charge in [0.2, 0.25) is 0 Å². The van der Waals surface area contributed by atoms with Crippen molar-refractivity contribution in [1.29, 1.82) is 0 Å². The predicted octanol–water partition coefficient (Wildman–Crippen LogP) is 6.12. The van der Waals surface area contributed by atoms with Crippen molar-refractivity contribution in [2.24, 2.45) is 0 Å². The molecule has 4 aromatic rings. The lowest BCUT2D eigenvalue weighted by Gasteiger charge is -2.17. The van der Waals surface area contributed by atoms with Crippen LogP contribution >= 0.6 is 34.7 Å². The molecule has 148 valence electrons. The molecular formula is C20H18ClN5OS2. The molecule has 0 spiro atoms. The summed E-state index contributed by atoms with van der Waals surface area (Å²) in [5.74, 6) is 2.61. The van der Waals surface area contributed by atoms with E-state index in [4.69, 9.17) is 16.1 Å². The van der Waals surface area contributed by atoms with E-state index < -0.39 is 0 Å². The van der Waals surface area contributed by atoms with E-state index in [-0.39, 0.29) is 0 Å². The van der Waals surface area contributed by atoms with E-state index in [1.807, 2.05) is 41.8 Å². The first kappa shape index (κ1) is 18.8. The highest BCUT2D eigenvalue weighted by molar-refractivity contribution is 7.98. The van der Waals surface area contributed by atoms with Gasteiger partial charge < -0.3 is 4.52 Å². The summed E-state index contributed by atoms with van der Waals surface area (Å²) in [6.45, 7) is 0. The van der Waals surface area contributed by atoms with Crippen molar-refractivity contribution >= 4 is 34.7 Å². The Morgan fingerprint density at radius 1 is 1.14 bits per heavy atom. The van der Waals surface area contributed by atoms with Crippen molar-refractivity contribution in [3.8, 4) is 22.2 Å². The Labute approximate surface area is 181 Å². The Kier molecular flexibility index (Phi) is 5.39. The summed E-state index contributed by atoms with van der Waals surface area (Å²) < 4.78 is 7.64. The van der Waals surface area contributed by atoms with Gasteiger partial charge in [-0.05, 0) is 36.4 Å². The zero-order chi connectivity index (χ0) is 19.6. The molecule has 0 aliphatic heterocycles. The lowest BCUT2D eigenvalue weighted by Crippen LogP contribution is -2.08. The molecule has 9 heteroatoms. The van der Waals surface area contributed by atoms with Crippen LogP contribution in [0, 0.1) is 0 Å². The zero-order valence-electron chi connectivity index (χ0n) is 15.5. The van der Waals surface area contributed by atoms with Gasteiger partial charge in [-0.15, -0.1) is 21.5 Å². The second kappa shape index (κ2) is 8.30. The van der Waals surface area contributed by atoms with Crippen LogP contribution in [0.25, 0.3) is 22.2 Å². The molecule has 0 unspecified atom stereocenters. The molecule has 6 nitrogen and oxygen atoms in total. The molecule has 3 aromatic heterocycles. The maximum atomic E-state index is 6.45. The molecule has 3 heterocycles. The van der Waals surface area contributed by atoms with Crippen molar-refractivity contribution < 1.29 is 4.52 Å². The minimum Gasteiger partial charge on any atom is -0.333 e. The fourth-order valence-electron chi connectivity index (χ4n) is 3.64. The molecule has 1 aromatic carbocycles. The Balaban J connectivity index is 1.42. The highest BCUT2D eigenvalue weighted by Crippen LogP contribution is 2.38. The Morgan fingerprint density at radius 2 is 2.00 bits per heavy atom. The minimum atomic E-state index is 0.394. The van der Waals surface area contributed by atoms with Gasteiger partial charge in [0.1, 0.15) is 0 Å². The minimum absolute atomic E-state index is 0.394. The molecule has 1 aliphatic rings. The van der Waals surface area contributed by atoms with E-state index in [1.165, 1.54) is 12.8 Å². The first-order valence-corrected chi connectivity index (χ1v) is 11.7. The van der Waals surface area contributed by atoms with Crippen LogP contribution in [0.15, 0.2) is 51.5 Å². The van der Waals surface area contributed by atoms with Crippen LogP contribution in [-0.4, -0.2) is 24.9 Å². The monoisotopic (exact) mass is 443 g/mol. The molecular weight excluding hydrogens is 426 g/mol. The first-order chi connectivity index (χ1) is 14.3. The molecule has 0 N–H and O–H groups in total. The van der Waals surface area contributed by atoms with E-state index in [9.17, 15) is 0 Å². The number of aromatic nitrogens is 5. The number of rotatable bonds is 6. The second-order valence-corrected chi connectivity index (χ2v) is 9.17. The van der Waals surface area contributed by atoms with Crippen molar-refractivity contribution in [3.05, 3.63) is 52.6 Å². The lowest BCUT2D eigenvalue weighted by atomic mass is 10.2. The van der Waals surface area contributed by atoms with Gasteiger partial charge in [0.05, 0.1) is 15.7 Å². The number of thioether (sulfide) groups is 1. The molecule has 0 atom stereocenters. The van der Waals surface area contributed by atoms with Crippen molar-refractivity contribution in [2.75, 3.05) is 0 Å². The van der Waals surface area contributed by atoms with Crippen LogP contribution in [-0.2, 0) is 5.75 Å². The molecule has 1 saturated carbocycles. The number of halogens is 1. The SMILES string of the molecule is Clc1ccccc1-c1nnc(SCc2noc(-c3cccs3)n2)n1C1CCCC1. The number of hydrogen-bond acceptors (Lipinski definition) is 7. The van der Waals surface area contributed by atoms with Crippen LogP contribution < -0.4 is 0 Å². The standard InChI is InChI=1S/C20H18ClN5OS2/c21-15-9-4-3-8-14(15)18-23-24-20(26(18)13-6-1-2-7-13)29-12-17-22-19(27-25-17)16-10-5-11-28-16/h3-5,8-11,13H,1-2,6-7,12H2. The van der Waals surface area contributed by atoms with Gasteiger partial charge >= 0.3 is 0 Å². The first-order valence-electron chi connectivity index (χ1n) is 9.48. The highest BCUT2D eigenvalue weighted by atomic mass is 35.5. The molecule has 0 amide bonds. The van der Waals surface area contributed by atoms with Crippen LogP contribution in [0.3, 0.4) is 0 Å². The third-order valence-corrected chi connectivity index (χ3v) is 7.13. The van der Waals surface area contributed by atoms with Gasteiger partial charge in [0, 0.05) is 11.6 Å². The van der Waals surface area contributed by atoms with E-state index >= 15 is 0 Å². The number of benzene rings is 1. The molecule has 29 heavy (non-hydrogen) atoms. The predicted molar refractivity (Wildman–Crippen MR) is 115 cm³/mol. The maximum absolute atomic E-state index is 6.45. The molecule has 0 saturated heterocycles. The number of nitrogens with zero attached hydrogens (tertiary/aromatic N) is 5. The van der Waals surface area contributed by atoms with Gasteiger partial charge in [0.15, 0.2) is 16.8 Å². The maximum Gasteiger partial charge on any atom is 0.268 e. The largest absolute Gasteiger partial charge is 0.333 e. The topological polar surface area (TPSA) is 69.6 Å². The molecule has 0 radical (unpaired) electrons. The number of thiophene rings is 1. The van der Waals surface area contributed by atoms with Gasteiger partial charge in [-0.1, -0.05) is 59.6 Å². The zero-order valence-corrected chi connectivity index (χ0v) is 17.9. The third kappa shape index (κ3) is 3.84. The summed E-state index contributed by atoms with van der Waals surface area (Å²) in [4.78, 5) is 5.48. The van der Waals surface area contributed by atoms with E-state index in [1.54, 1.807) is 23.1 Å². The van der Waals surface area contributed by atoms with Gasteiger partial charge in [-0.2, -0.15) is 4.98 Å². The summed E-state index contributed by atoms with van der Waals surface area (Å²) in [6, 6.07) is 12.1. The van der Waals surface area contributed by atoms with Crippen molar-refractivity contribution in [2.45, 2.75) is 42.6 Å². The van der Waals surface area contributed by atoms with Gasteiger partial charge in [0.25, 0.3) is 5.89 Å². The quantitative estimate of drug-likeness (QED) is 0.334. The Morgan fingerprint density at radius 3 is 2.79 bits per heavy atom. The Hall–Kier alpha value is -2.16. The summed E-state index contributed by atoms with van der Waals surface area (Å²) in [6.07, 6.45) is 4.72. The normalized spacial score (nSPS) is 14.7. The second-order valence-electron chi connectivity index (χ2n) is 6.88. The smallest absolute Gasteiger partial charge is 0.268 e. The van der Waals surface area contributed by atoms with Crippen LogP contribution in [0.5, 0.6) is 0 Å². The molecule has 0 bridgehead atoms. The lowest BCUT2D eigenvalue weighted by molar-refractivity contribution is 0.426. The summed E-state index contributed by atoms with van der Waals surface area (Å²) >= 11 is 9.62. The fourth-order valence-corrected chi connectivity index (χ4v) is 5.35. The fraction of sp³-hybridized carbons (Fsp3) is 0.300.